The number of amides is 1. The minimum Gasteiger partial charge on any atom is -0.462 e. The van der Waals surface area contributed by atoms with Crippen LogP contribution in [0.3, 0.4) is 0 Å². The highest BCUT2D eigenvalue weighted by molar-refractivity contribution is 5.77. The summed E-state index contributed by atoms with van der Waals surface area (Å²) >= 11 is 0. The number of ether oxygens (including phenoxy) is 1. The van der Waals surface area contributed by atoms with E-state index in [-0.39, 0.29) is 24.9 Å². The molecule has 0 aromatic heterocycles. The molecule has 0 aliphatic heterocycles. The Kier molecular flexibility index (Phi) is 46.5. The number of aliphatic hydroxyl groups is 2. The van der Waals surface area contributed by atoms with Crippen LogP contribution in [0.25, 0.3) is 0 Å². The van der Waals surface area contributed by atoms with Crippen LogP contribution in [0.4, 0.5) is 0 Å². The number of carbonyl (C=O) groups is 2. The van der Waals surface area contributed by atoms with Crippen LogP contribution in [0.1, 0.15) is 290 Å². The fraction of sp³-hybridized carbons (Fsp3) is 0.925. The Bertz CT molecular complexity index is 893. The van der Waals surface area contributed by atoms with Gasteiger partial charge < -0.3 is 20.3 Å². The lowest BCUT2D eigenvalue weighted by Crippen LogP contribution is -2.46. The number of esters is 1. The molecule has 0 aliphatic rings. The molecule has 0 saturated carbocycles. The summed E-state index contributed by atoms with van der Waals surface area (Å²) in [4.78, 5) is 26.1. The molecule has 0 aliphatic carbocycles. The van der Waals surface area contributed by atoms with Gasteiger partial charge in [0, 0.05) is 6.42 Å². The molecule has 0 fully saturated rings. The van der Waals surface area contributed by atoms with Crippen LogP contribution in [-0.4, -0.2) is 46.9 Å². The molecular formula is C53H103NO5. The third kappa shape index (κ3) is 43.1. The average molecular weight is 834 g/mol. The summed E-state index contributed by atoms with van der Waals surface area (Å²) in [7, 11) is 0. The quantitative estimate of drug-likeness (QED) is 0.0322. The van der Waals surface area contributed by atoms with Gasteiger partial charge in [-0.05, 0) is 51.4 Å². The molecule has 0 spiro atoms. The number of rotatable bonds is 48. The van der Waals surface area contributed by atoms with Gasteiger partial charge in [0.05, 0.1) is 25.2 Å². The van der Waals surface area contributed by atoms with Gasteiger partial charge in [-0.25, -0.2) is 0 Å². The lowest BCUT2D eigenvalue weighted by Gasteiger charge is -2.24. The normalized spacial score (nSPS) is 13.2. The Morgan fingerprint density at radius 2 is 0.814 bits per heavy atom. The zero-order valence-corrected chi connectivity index (χ0v) is 39.9. The minimum atomic E-state index is -0.783. The molecule has 3 N–H and O–H groups in total. The largest absolute Gasteiger partial charge is 0.462 e. The van der Waals surface area contributed by atoms with E-state index >= 15 is 0 Å². The third-order valence-corrected chi connectivity index (χ3v) is 12.3. The molecule has 0 aromatic rings. The summed E-state index contributed by atoms with van der Waals surface area (Å²) < 4.78 is 5.92. The van der Waals surface area contributed by atoms with Gasteiger partial charge in [0.1, 0.15) is 6.10 Å². The number of nitrogens with one attached hydrogen (secondary N) is 1. The fourth-order valence-electron chi connectivity index (χ4n) is 8.31. The number of allylic oxidation sites excluding steroid dienone is 2. The van der Waals surface area contributed by atoms with Crippen molar-refractivity contribution in [3.05, 3.63) is 12.2 Å². The van der Waals surface area contributed by atoms with E-state index in [0.717, 1.165) is 51.4 Å². The number of carbonyl (C=O) groups excluding carboxylic acids is 2. The molecule has 3 atom stereocenters. The first-order chi connectivity index (χ1) is 29.0. The predicted octanol–water partition coefficient (Wildman–Crippen LogP) is 15.7. The van der Waals surface area contributed by atoms with E-state index in [2.05, 4.69) is 38.2 Å². The summed E-state index contributed by atoms with van der Waals surface area (Å²) in [6, 6.07) is -0.696. The second kappa shape index (κ2) is 47.6. The van der Waals surface area contributed by atoms with Crippen molar-refractivity contribution >= 4 is 11.9 Å². The first kappa shape index (κ1) is 57.6. The summed E-state index contributed by atoms with van der Waals surface area (Å²) in [5.41, 5.74) is 0. The lowest BCUT2D eigenvalue weighted by molar-refractivity contribution is -0.151. The number of unbranched alkanes of at least 4 members (excludes halogenated alkanes) is 34. The van der Waals surface area contributed by atoms with Gasteiger partial charge in [0.25, 0.3) is 0 Å². The van der Waals surface area contributed by atoms with Crippen molar-refractivity contribution in [3.63, 3.8) is 0 Å². The molecule has 0 radical (unpaired) electrons. The first-order valence-corrected chi connectivity index (χ1v) is 26.4. The topological polar surface area (TPSA) is 95.9 Å². The van der Waals surface area contributed by atoms with Crippen LogP contribution in [0.2, 0.25) is 0 Å². The highest BCUT2D eigenvalue weighted by Gasteiger charge is 2.24. The third-order valence-electron chi connectivity index (χ3n) is 12.3. The van der Waals surface area contributed by atoms with Crippen LogP contribution < -0.4 is 5.32 Å². The van der Waals surface area contributed by atoms with Gasteiger partial charge in [0.2, 0.25) is 5.91 Å². The summed E-state index contributed by atoms with van der Waals surface area (Å²) in [6.45, 7) is 6.48. The van der Waals surface area contributed by atoms with Gasteiger partial charge in [-0.3, -0.25) is 9.59 Å². The van der Waals surface area contributed by atoms with Gasteiger partial charge in [-0.1, -0.05) is 238 Å². The van der Waals surface area contributed by atoms with Gasteiger partial charge in [0.15, 0.2) is 0 Å². The first-order valence-electron chi connectivity index (χ1n) is 26.4. The van der Waals surface area contributed by atoms with Crippen molar-refractivity contribution in [2.45, 2.75) is 309 Å². The molecule has 350 valence electrons. The molecular weight excluding hydrogens is 731 g/mol. The molecule has 0 heterocycles. The minimum absolute atomic E-state index is 0.0812. The molecule has 0 saturated heterocycles. The molecule has 59 heavy (non-hydrogen) atoms. The average Bonchev–Trinajstić information content (AvgIpc) is 3.23. The van der Waals surface area contributed by atoms with Gasteiger partial charge >= 0.3 is 5.97 Å². The van der Waals surface area contributed by atoms with Crippen molar-refractivity contribution in [2.75, 3.05) is 6.61 Å². The summed E-state index contributed by atoms with van der Waals surface area (Å²) in [6.07, 6.45) is 52.7. The standard InChI is InChI=1S/C53H103NO5/c1-4-7-10-13-16-19-22-24-25-26-27-28-30-33-36-39-42-45-51(56)50(48-55)54-52(57)47-49(44-41-38-35-32-29-21-18-15-12-9-6-3)59-53(58)46-43-40-37-34-31-23-20-17-14-11-8-5-2/h17,20,49-51,55-56H,4-16,18-19,21-48H2,1-3H3,(H,54,57)/b20-17-. The van der Waals surface area contributed by atoms with Crippen molar-refractivity contribution in [2.24, 2.45) is 0 Å². The van der Waals surface area contributed by atoms with E-state index in [0.29, 0.717) is 19.3 Å². The Balaban J connectivity index is 4.44. The van der Waals surface area contributed by atoms with E-state index in [4.69, 9.17) is 4.74 Å². The highest BCUT2D eigenvalue weighted by atomic mass is 16.5. The van der Waals surface area contributed by atoms with E-state index in [1.165, 1.54) is 193 Å². The van der Waals surface area contributed by atoms with E-state index in [9.17, 15) is 19.8 Å². The van der Waals surface area contributed by atoms with Gasteiger partial charge in [-0.15, -0.1) is 0 Å². The van der Waals surface area contributed by atoms with Crippen molar-refractivity contribution < 1.29 is 24.5 Å². The maximum Gasteiger partial charge on any atom is 0.306 e. The number of aliphatic hydroxyl groups excluding tert-OH is 2. The molecule has 1 amide bonds. The summed E-state index contributed by atoms with van der Waals surface area (Å²) in [5.74, 6) is -0.468. The zero-order chi connectivity index (χ0) is 43.1. The highest BCUT2D eigenvalue weighted by Crippen LogP contribution is 2.18. The Labute approximate surface area is 368 Å². The van der Waals surface area contributed by atoms with Crippen LogP contribution in [-0.2, 0) is 14.3 Å². The number of hydrogen-bond donors (Lipinski definition) is 3. The predicted molar refractivity (Wildman–Crippen MR) is 255 cm³/mol. The Morgan fingerprint density at radius 3 is 1.24 bits per heavy atom. The maximum absolute atomic E-state index is 13.2. The lowest BCUT2D eigenvalue weighted by atomic mass is 10.0. The van der Waals surface area contributed by atoms with Gasteiger partial charge in [-0.2, -0.15) is 0 Å². The molecule has 3 unspecified atom stereocenters. The Hall–Kier alpha value is -1.40. The van der Waals surface area contributed by atoms with E-state index < -0.39 is 18.2 Å². The monoisotopic (exact) mass is 834 g/mol. The fourth-order valence-corrected chi connectivity index (χ4v) is 8.31. The second-order valence-corrected chi connectivity index (χ2v) is 18.3. The van der Waals surface area contributed by atoms with Crippen LogP contribution in [0.5, 0.6) is 0 Å². The van der Waals surface area contributed by atoms with Crippen molar-refractivity contribution in [3.8, 4) is 0 Å². The van der Waals surface area contributed by atoms with E-state index in [1.54, 1.807) is 0 Å². The second-order valence-electron chi connectivity index (χ2n) is 18.3. The van der Waals surface area contributed by atoms with Crippen LogP contribution in [0, 0.1) is 0 Å². The zero-order valence-electron chi connectivity index (χ0n) is 39.9. The molecule has 6 nitrogen and oxygen atoms in total. The SMILES string of the molecule is CCCCC/C=C\CCCCCCCC(=O)OC(CCCCCCCCCCCCC)CC(=O)NC(CO)C(O)CCCCCCCCCCCCCCCCCCC. The Morgan fingerprint density at radius 1 is 0.475 bits per heavy atom. The van der Waals surface area contributed by atoms with E-state index in [1.807, 2.05) is 0 Å². The van der Waals surface area contributed by atoms with Crippen LogP contribution >= 0.6 is 0 Å². The maximum atomic E-state index is 13.2. The molecule has 0 aromatic carbocycles. The number of hydrogen-bond acceptors (Lipinski definition) is 5. The van der Waals surface area contributed by atoms with Crippen molar-refractivity contribution in [1.29, 1.82) is 0 Å². The molecule has 6 heteroatoms. The smallest absolute Gasteiger partial charge is 0.306 e. The summed E-state index contributed by atoms with van der Waals surface area (Å²) in [5, 5.41) is 23.8. The van der Waals surface area contributed by atoms with Crippen LogP contribution in [0.15, 0.2) is 12.2 Å². The van der Waals surface area contributed by atoms with Crippen molar-refractivity contribution in [1.82, 2.24) is 5.32 Å². The molecule has 0 bridgehead atoms. The molecule has 0 rings (SSSR count).